The molecule has 3 nitrogen and oxygen atoms in total. The topological polar surface area (TPSA) is 34.9 Å². The van der Waals surface area contributed by atoms with E-state index in [1.165, 1.54) is 0 Å². The Balaban J connectivity index is 2.06. The van der Waals surface area contributed by atoms with E-state index >= 15 is 0 Å². The number of carbonyl (C=O) groups is 1. The third-order valence-electron chi connectivity index (χ3n) is 4.37. The zero-order chi connectivity index (χ0) is 17.2. The summed E-state index contributed by atoms with van der Waals surface area (Å²) in [4.78, 5) is 12.7. The van der Waals surface area contributed by atoms with Crippen LogP contribution >= 0.6 is 0 Å². The van der Waals surface area contributed by atoms with Gasteiger partial charge in [-0.2, -0.15) is 9.78 Å². The number of fused-ring (bicyclic) bond motifs is 1. The second kappa shape index (κ2) is 6.36. The first-order chi connectivity index (χ1) is 12.3. The molecule has 0 unspecified atom stereocenters. The van der Waals surface area contributed by atoms with Crippen LogP contribution in [0.1, 0.15) is 18.1 Å². The minimum absolute atomic E-state index is 0.0147. The maximum Gasteiger partial charge on any atom is 0.247 e. The molecule has 2 aromatic rings. The molecule has 0 amide bonds. The van der Waals surface area contributed by atoms with Gasteiger partial charge in [0.2, 0.25) is 5.91 Å². The molecule has 122 valence electrons. The van der Waals surface area contributed by atoms with Gasteiger partial charge in [0.15, 0.2) is 0 Å². The molecule has 4 rings (SSSR count). The summed E-state index contributed by atoms with van der Waals surface area (Å²) in [5.74, 6) is -0.0147. The normalized spacial score (nSPS) is 10.9. The van der Waals surface area contributed by atoms with Crippen LogP contribution in [0.25, 0.3) is 33.6 Å². The first kappa shape index (κ1) is 15.3. The number of hydrogen-bond acceptors (Lipinski definition) is 2. The standard InChI is InChI=1S/C22H18N2O/c1-2-20(25)24-22(17-12-7-4-8-13-17)19-15-9-14-18(19)21(23-24)16-10-5-3-6-11-16/h3-15H,2H2,1H3. The first-order valence-electron chi connectivity index (χ1n) is 8.45. The number of carbonyl (C=O) groups excluding carboxylic acids is 1. The molecule has 0 bridgehead atoms. The molecular formula is C22H18N2O. The smallest absolute Gasteiger partial charge is 0.247 e. The quantitative estimate of drug-likeness (QED) is 0.507. The first-order valence-corrected chi connectivity index (χ1v) is 8.45. The van der Waals surface area contributed by atoms with Crippen LogP contribution in [0.3, 0.4) is 0 Å². The number of aromatic nitrogens is 2. The van der Waals surface area contributed by atoms with E-state index in [-0.39, 0.29) is 5.91 Å². The highest BCUT2D eigenvalue weighted by molar-refractivity contribution is 5.95. The molecule has 0 radical (unpaired) electrons. The van der Waals surface area contributed by atoms with Crippen molar-refractivity contribution in [3.8, 4) is 33.6 Å². The monoisotopic (exact) mass is 326 g/mol. The van der Waals surface area contributed by atoms with Crippen molar-refractivity contribution in [3.63, 3.8) is 0 Å². The molecule has 0 fully saturated rings. The van der Waals surface area contributed by atoms with Gasteiger partial charge in [0.1, 0.15) is 0 Å². The van der Waals surface area contributed by atoms with Crippen molar-refractivity contribution in [2.45, 2.75) is 13.3 Å². The van der Waals surface area contributed by atoms with Crippen LogP contribution in [0, 0.1) is 0 Å². The predicted molar refractivity (Wildman–Crippen MR) is 101 cm³/mol. The van der Waals surface area contributed by atoms with E-state index in [4.69, 9.17) is 5.10 Å². The van der Waals surface area contributed by atoms with E-state index in [2.05, 4.69) is 12.1 Å². The van der Waals surface area contributed by atoms with Crippen molar-refractivity contribution >= 4 is 5.91 Å². The highest BCUT2D eigenvalue weighted by Crippen LogP contribution is 2.39. The summed E-state index contributed by atoms with van der Waals surface area (Å²) in [5.41, 5.74) is 5.80. The number of benzene rings is 2. The summed E-state index contributed by atoms with van der Waals surface area (Å²) in [7, 11) is 0. The third-order valence-corrected chi connectivity index (χ3v) is 4.37. The predicted octanol–water partition coefficient (Wildman–Crippen LogP) is 5.37. The summed E-state index contributed by atoms with van der Waals surface area (Å²) in [6.07, 6.45) is 0.401. The second-order valence-corrected chi connectivity index (χ2v) is 5.94. The Hall–Kier alpha value is -3.20. The Kier molecular flexibility index (Phi) is 3.90. The molecule has 0 spiro atoms. The van der Waals surface area contributed by atoms with E-state index in [1.54, 1.807) is 4.68 Å². The summed E-state index contributed by atoms with van der Waals surface area (Å²) in [6.45, 7) is 1.86. The van der Waals surface area contributed by atoms with Crippen LogP contribution in [0.5, 0.6) is 0 Å². The van der Waals surface area contributed by atoms with Gasteiger partial charge in [-0.15, -0.1) is 0 Å². The van der Waals surface area contributed by atoms with Crippen molar-refractivity contribution in [2.24, 2.45) is 0 Å². The number of hydrogen-bond donors (Lipinski definition) is 0. The van der Waals surface area contributed by atoms with Gasteiger partial charge in [-0.3, -0.25) is 4.79 Å². The fourth-order valence-corrected chi connectivity index (χ4v) is 3.16. The van der Waals surface area contributed by atoms with Gasteiger partial charge in [-0.1, -0.05) is 85.8 Å². The Morgan fingerprint density at radius 3 is 2.04 bits per heavy atom. The van der Waals surface area contributed by atoms with Gasteiger partial charge in [-0.25, -0.2) is 0 Å². The van der Waals surface area contributed by atoms with Gasteiger partial charge >= 0.3 is 0 Å². The lowest BCUT2D eigenvalue weighted by Gasteiger charge is -2.19. The SMILES string of the molecule is CCC(=O)n1nc(-c2ccccc2)c2cccc-2c1-c1ccccc1. The zero-order valence-electron chi connectivity index (χ0n) is 14.0. The van der Waals surface area contributed by atoms with Crippen molar-refractivity contribution in [1.82, 2.24) is 9.78 Å². The van der Waals surface area contributed by atoms with Crippen LogP contribution in [0.2, 0.25) is 0 Å². The lowest BCUT2D eigenvalue weighted by molar-refractivity contribution is 0.0894. The fourth-order valence-electron chi connectivity index (χ4n) is 3.16. The Morgan fingerprint density at radius 1 is 0.800 bits per heavy atom. The molecule has 1 aliphatic carbocycles. The molecule has 25 heavy (non-hydrogen) atoms. The van der Waals surface area contributed by atoms with E-state index in [0.29, 0.717) is 6.42 Å². The van der Waals surface area contributed by atoms with Crippen LogP contribution < -0.4 is 0 Å². The van der Waals surface area contributed by atoms with Gasteiger partial charge < -0.3 is 0 Å². The minimum Gasteiger partial charge on any atom is -0.273 e. The molecule has 2 aliphatic rings. The Bertz CT molecular complexity index is 987. The van der Waals surface area contributed by atoms with Gasteiger partial charge in [0.05, 0.1) is 11.4 Å². The summed E-state index contributed by atoms with van der Waals surface area (Å²) in [5, 5.41) is 4.76. The molecule has 0 atom stereocenters. The minimum atomic E-state index is -0.0147. The average Bonchev–Trinajstić information content (AvgIpc) is 3.17. The summed E-state index contributed by atoms with van der Waals surface area (Å²) in [6, 6.07) is 26.1. The Labute approximate surface area is 146 Å². The molecule has 1 aliphatic heterocycles. The maximum atomic E-state index is 12.7. The molecule has 0 aromatic heterocycles. The van der Waals surface area contributed by atoms with Gasteiger partial charge in [0, 0.05) is 28.7 Å². The van der Waals surface area contributed by atoms with Crippen LogP contribution in [0.4, 0.5) is 0 Å². The fraction of sp³-hybridized carbons (Fsp3) is 0.0909. The highest BCUT2D eigenvalue weighted by Gasteiger charge is 2.22. The molecule has 1 heterocycles. The second-order valence-electron chi connectivity index (χ2n) is 5.94. The zero-order valence-corrected chi connectivity index (χ0v) is 14.0. The molecule has 0 saturated heterocycles. The van der Waals surface area contributed by atoms with Crippen LogP contribution in [-0.2, 0) is 0 Å². The van der Waals surface area contributed by atoms with Gasteiger partial charge in [0.25, 0.3) is 0 Å². The number of nitrogens with zero attached hydrogens (tertiary/aromatic N) is 2. The lowest BCUT2D eigenvalue weighted by Crippen LogP contribution is -2.18. The summed E-state index contributed by atoms with van der Waals surface area (Å²) < 4.78 is 1.57. The highest BCUT2D eigenvalue weighted by atomic mass is 16.2. The van der Waals surface area contributed by atoms with Crippen molar-refractivity contribution < 1.29 is 4.79 Å². The van der Waals surface area contributed by atoms with E-state index < -0.39 is 0 Å². The van der Waals surface area contributed by atoms with Crippen molar-refractivity contribution in [1.29, 1.82) is 0 Å². The van der Waals surface area contributed by atoms with Crippen LogP contribution in [0.15, 0.2) is 78.9 Å². The third kappa shape index (κ3) is 2.64. The molecule has 2 aromatic carbocycles. The van der Waals surface area contributed by atoms with Crippen LogP contribution in [-0.4, -0.2) is 15.7 Å². The molecule has 0 saturated carbocycles. The van der Waals surface area contributed by atoms with Crippen molar-refractivity contribution in [3.05, 3.63) is 78.9 Å². The van der Waals surface area contributed by atoms with E-state index in [1.807, 2.05) is 73.7 Å². The number of rotatable bonds is 3. The van der Waals surface area contributed by atoms with E-state index in [0.717, 1.165) is 33.6 Å². The lowest BCUT2D eigenvalue weighted by atomic mass is 9.98. The molecular weight excluding hydrogens is 308 g/mol. The Morgan fingerprint density at radius 2 is 1.40 bits per heavy atom. The molecule has 3 heteroatoms. The van der Waals surface area contributed by atoms with E-state index in [9.17, 15) is 4.79 Å². The van der Waals surface area contributed by atoms with Gasteiger partial charge in [-0.05, 0) is 0 Å². The molecule has 0 N–H and O–H groups in total. The maximum absolute atomic E-state index is 12.7. The average molecular weight is 326 g/mol. The largest absolute Gasteiger partial charge is 0.273 e. The van der Waals surface area contributed by atoms with Crippen molar-refractivity contribution in [2.75, 3.05) is 0 Å². The summed E-state index contributed by atoms with van der Waals surface area (Å²) >= 11 is 0.